The molecule has 200 valence electrons. The molecule has 10 nitrogen and oxygen atoms in total. The molecule has 0 saturated heterocycles. The van der Waals surface area contributed by atoms with Crippen molar-refractivity contribution >= 4 is 41.2 Å². The van der Waals surface area contributed by atoms with Crippen molar-refractivity contribution in [1.82, 2.24) is 4.90 Å². The summed E-state index contributed by atoms with van der Waals surface area (Å²) >= 11 is 0. The normalized spacial score (nSPS) is 12.3. The Morgan fingerprint density at radius 3 is 2.00 bits per heavy atom. The summed E-state index contributed by atoms with van der Waals surface area (Å²) in [7, 11) is 0. The Morgan fingerprint density at radius 1 is 0.795 bits per heavy atom. The highest BCUT2D eigenvalue weighted by Crippen LogP contribution is 2.26. The molecular formula is C29H27N3O7. The monoisotopic (exact) mass is 529 g/mol. The SMILES string of the molecule is CCOC(=O)Oc1ccc(C(=O)Nc2cccc(NC(=O)c3ccc4c(c3)C(=O)N(CC(C)C)C4=O)c2)cc1. The average molecular weight is 530 g/mol. The Morgan fingerprint density at radius 2 is 1.38 bits per heavy atom. The zero-order chi connectivity index (χ0) is 28.1. The summed E-state index contributed by atoms with van der Waals surface area (Å²) in [6.45, 7) is 5.98. The summed E-state index contributed by atoms with van der Waals surface area (Å²) in [5, 5.41) is 5.49. The van der Waals surface area contributed by atoms with E-state index in [-0.39, 0.29) is 40.9 Å². The van der Waals surface area contributed by atoms with E-state index in [4.69, 9.17) is 9.47 Å². The van der Waals surface area contributed by atoms with Crippen LogP contribution in [-0.4, -0.2) is 47.8 Å². The Bertz CT molecular complexity index is 1450. The van der Waals surface area contributed by atoms with Gasteiger partial charge in [-0.3, -0.25) is 24.1 Å². The lowest BCUT2D eigenvalue weighted by Crippen LogP contribution is -2.33. The van der Waals surface area contributed by atoms with Crippen molar-refractivity contribution in [3.05, 3.63) is 89.0 Å². The second kappa shape index (κ2) is 11.6. The molecule has 1 aliphatic rings. The van der Waals surface area contributed by atoms with E-state index >= 15 is 0 Å². The number of imide groups is 1. The van der Waals surface area contributed by atoms with Crippen LogP contribution in [0.1, 0.15) is 62.2 Å². The second-order valence-electron chi connectivity index (χ2n) is 9.17. The molecule has 0 aromatic heterocycles. The molecule has 10 heteroatoms. The molecule has 0 aliphatic carbocycles. The lowest BCUT2D eigenvalue weighted by Gasteiger charge is -2.15. The number of hydrogen-bond donors (Lipinski definition) is 2. The smallest absolute Gasteiger partial charge is 0.434 e. The van der Waals surface area contributed by atoms with Crippen LogP contribution in [0.3, 0.4) is 0 Å². The molecule has 39 heavy (non-hydrogen) atoms. The van der Waals surface area contributed by atoms with E-state index in [2.05, 4.69) is 10.6 Å². The minimum Gasteiger partial charge on any atom is -0.434 e. The van der Waals surface area contributed by atoms with Crippen LogP contribution < -0.4 is 15.4 Å². The molecule has 0 unspecified atom stereocenters. The highest BCUT2D eigenvalue weighted by molar-refractivity contribution is 6.22. The van der Waals surface area contributed by atoms with Crippen LogP contribution in [0.25, 0.3) is 0 Å². The van der Waals surface area contributed by atoms with Crippen molar-refractivity contribution in [3.8, 4) is 5.75 Å². The number of hydrogen-bond acceptors (Lipinski definition) is 7. The quantitative estimate of drug-likeness (QED) is 0.239. The van der Waals surface area contributed by atoms with Crippen LogP contribution in [0.15, 0.2) is 66.7 Å². The van der Waals surface area contributed by atoms with Crippen molar-refractivity contribution < 1.29 is 33.4 Å². The van der Waals surface area contributed by atoms with Gasteiger partial charge < -0.3 is 20.1 Å². The van der Waals surface area contributed by atoms with Crippen LogP contribution in [-0.2, 0) is 4.74 Å². The zero-order valence-electron chi connectivity index (χ0n) is 21.6. The van der Waals surface area contributed by atoms with E-state index in [1.807, 2.05) is 13.8 Å². The van der Waals surface area contributed by atoms with Crippen molar-refractivity contribution in [3.63, 3.8) is 0 Å². The van der Waals surface area contributed by atoms with Crippen molar-refractivity contribution in [2.24, 2.45) is 5.92 Å². The molecule has 0 spiro atoms. The average Bonchev–Trinajstić information content (AvgIpc) is 3.13. The van der Waals surface area contributed by atoms with E-state index in [1.54, 1.807) is 31.2 Å². The number of benzene rings is 3. The summed E-state index contributed by atoms with van der Waals surface area (Å²) in [5.74, 6) is -1.30. The third-order valence-electron chi connectivity index (χ3n) is 5.74. The van der Waals surface area contributed by atoms with E-state index in [0.29, 0.717) is 23.5 Å². The lowest BCUT2D eigenvalue weighted by molar-refractivity contribution is 0.0635. The number of carbonyl (C=O) groups excluding carboxylic acids is 5. The Kier molecular flexibility index (Phi) is 8.04. The summed E-state index contributed by atoms with van der Waals surface area (Å²) < 4.78 is 9.70. The fraction of sp³-hybridized carbons (Fsp3) is 0.207. The number of nitrogens with one attached hydrogen (secondary N) is 2. The lowest BCUT2D eigenvalue weighted by atomic mass is 10.1. The van der Waals surface area contributed by atoms with Crippen molar-refractivity contribution in [2.75, 3.05) is 23.8 Å². The number of amides is 4. The first-order chi connectivity index (χ1) is 18.7. The van der Waals surface area contributed by atoms with Crippen molar-refractivity contribution in [1.29, 1.82) is 0 Å². The van der Waals surface area contributed by atoms with Gasteiger partial charge in [0.15, 0.2) is 0 Å². The van der Waals surface area contributed by atoms with E-state index < -0.39 is 23.9 Å². The van der Waals surface area contributed by atoms with Gasteiger partial charge in [-0.1, -0.05) is 19.9 Å². The standard InChI is InChI=1S/C29H27N3O7/c1-4-38-29(37)39-22-11-8-18(9-12-22)25(33)30-20-6-5-7-21(15-20)31-26(34)19-10-13-23-24(14-19)28(36)32(27(23)35)16-17(2)3/h5-15,17H,4,16H2,1-3H3,(H,30,33)(H,31,34). The maximum absolute atomic E-state index is 12.9. The fourth-order valence-electron chi connectivity index (χ4n) is 3.96. The molecule has 0 bridgehead atoms. The molecule has 2 N–H and O–H groups in total. The van der Waals surface area contributed by atoms with Crippen LogP contribution in [0, 0.1) is 5.92 Å². The third-order valence-corrected chi connectivity index (χ3v) is 5.74. The number of rotatable bonds is 8. The van der Waals surface area contributed by atoms with Gasteiger partial charge >= 0.3 is 6.16 Å². The first-order valence-corrected chi connectivity index (χ1v) is 12.3. The first-order valence-electron chi connectivity index (χ1n) is 12.3. The van der Waals surface area contributed by atoms with E-state index in [0.717, 1.165) is 0 Å². The van der Waals surface area contributed by atoms with Crippen LogP contribution in [0.4, 0.5) is 16.2 Å². The molecule has 1 heterocycles. The summed E-state index contributed by atoms with van der Waals surface area (Å²) in [4.78, 5) is 63.5. The molecule has 4 amide bonds. The Labute approximate surface area is 224 Å². The van der Waals surface area contributed by atoms with Crippen molar-refractivity contribution in [2.45, 2.75) is 20.8 Å². The first kappa shape index (κ1) is 27.1. The van der Waals surface area contributed by atoms with Crippen LogP contribution in [0.5, 0.6) is 5.75 Å². The molecule has 0 saturated carbocycles. The molecule has 3 aromatic carbocycles. The summed E-state index contributed by atoms with van der Waals surface area (Å²) in [6, 6.07) is 16.9. The molecule has 1 aliphatic heterocycles. The van der Waals surface area contributed by atoms with Gasteiger partial charge in [0.1, 0.15) is 5.75 Å². The zero-order valence-corrected chi connectivity index (χ0v) is 21.6. The highest BCUT2D eigenvalue weighted by atomic mass is 16.7. The number of fused-ring (bicyclic) bond motifs is 1. The second-order valence-corrected chi connectivity index (χ2v) is 9.17. The number of anilines is 2. The maximum Gasteiger partial charge on any atom is 0.513 e. The van der Waals surface area contributed by atoms with E-state index in [1.165, 1.54) is 47.4 Å². The van der Waals surface area contributed by atoms with Gasteiger partial charge in [0.2, 0.25) is 0 Å². The third kappa shape index (κ3) is 6.30. The predicted molar refractivity (Wildman–Crippen MR) is 143 cm³/mol. The number of nitrogens with zero attached hydrogens (tertiary/aromatic N) is 1. The van der Waals surface area contributed by atoms with Gasteiger partial charge in [-0.2, -0.15) is 0 Å². The largest absolute Gasteiger partial charge is 0.513 e. The van der Waals surface area contributed by atoms with Gasteiger partial charge in [-0.25, -0.2) is 4.79 Å². The number of ether oxygens (including phenoxy) is 2. The Balaban J connectivity index is 1.41. The highest BCUT2D eigenvalue weighted by Gasteiger charge is 2.36. The van der Waals surface area contributed by atoms with Crippen LogP contribution in [0.2, 0.25) is 0 Å². The van der Waals surface area contributed by atoms with Crippen LogP contribution >= 0.6 is 0 Å². The minimum absolute atomic E-state index is 0.118. The fourth-order valence-corrected chi connectivity index (χ4v) is 3.96. The van der Waals surface area contributed by atoms with Gasteiger partial charge in [0, 0.05) is 29.0 Å². The topological polar surface area (TPSA) is 131 Å². The summed E-state index contributed by atoms with van der Waals surface area (Å²) in [6.07, 6.45) is -0.832. The molecule has 3 aromatic rings. The van der Waals surface area contributed by atoms with Gasteiger partial charge in [-0.15, -0.1) is 0 Å². The van der Waals surface area contributed by atoms with Gasteiger partial charge in [0.05, 0.1) is 17.7 Å². The molecule has 0 radical (unpaired) electrons. The molecular weight excluding hydrogens is 502 g/mol. The van der Waals surface area contributed by atoms with Gasteiger partial charge in [-0.05, 0) is 73.5 Å². The minimum atomic E-state index is -0.832. The number of carbonyl (C=O) groups is 5. The summed E-state index contributed by atoms with van der Waals surface area (Å²) in [5.41, 5.74) is 1.88. The predicted octanol–water partition coefficient (Wildman–Crippen LogP) is 4.98. The van der Waals surface area contributed by atoms with E-state index in [9.17, 15) is 24.0 Å². The molecule has 0 fully saturated rings. The Hall–Kier alpha value is -4.99. The van der Waals surface area contributed by atoms with Gasteiger partial charge in [0.25, 0.3) is 23.6 Å². The molecule has 4 rings (SSSR count). The molecule has 0 atom stereocenters. The maximum atomic E-state index is 12.9.